The largest absolute Gasteiger partial charge is 0.325 e. The van der Waals surface area contributed by atoms with E-state index >= 15 is 0 Å². The number of alkyl halides is 1. The van der Waals surface area contributed by atoms with Crippen molar-refractivity contribution in [3.63, 3.8) is 0 Å². The molecule has 62 valence electrons. The first kappa shape index (κ1) is 8.13. The van der Waals surface area contributed by atoms with E-state index in [1.807, 2.05) is 0 Å². The molecule has 1 aromatic rings. The highest BCUT2D eigenvalue weighted by atomic mass is 19.1. The number of aromatic nitrogens is 2. The van der Waals surface area contributed by atoms with Crippen LogP contribution in [0.4, 0.5) is 8.78 Å². The summed E-state index contributed by atoms with van der Waals surface area (Å²) in [4.78, 5) is 5.62. The standard InChI is InChI=1S/C6H9F2N3/c7-2-4(9)1-5-3-10-6(8)11-5/h3-4H,1-2,9H2,(H,10,11). The summed E-state index contributed by atoms with van der Waals surface area (Å²) in [5, 5.41) is 0. The fraction of sp³-hybridized carbons (Fsp3) is 0.500. The number of aromatic amines is 1. The van der Waals surface area contributed by atoms with Crippen molar-refractivity contribution in [2.75, 3.05) is 6.67 Å². The van der Waals surface area contributed by atoms with Crippen LogP contribution in [0.3, 0.4) is 0 Å². The van der Waals surface area contributed by atoms with Gasteiger partial charge in [0.15, 0.2) is 0 Å². The van der Waals surface area contributed by atoms with E-state index in [1.54, 1.807) is 0 Å². The number of H-pyrrole nitrogens is 1. The number of hydrogen-bond acceptors (Lipinski definition) is 2. The van der Waals surface area contributed by atoms with Gasteiger partial charge in [0.1, 0.15) is 6.67 Å². The molecule has 3 nitrogen and oxygen atoms in total. The molecule has 0 aliphatic carbocycles. The molecule has 1 aromatic heterocycles. The number of halogens is 2. The zero-order valence-electron chi connectivity index (χ0n) is 5.85. The van der Waals surface area contributed by atoms with Gasteiger partial charge in [-0.05, 0) is 0 Å². The topological polar surface area (TPSA) is 54.7 Å². The van der Waals surface area contributed by atoms with Crippen molar-refractivity contribution in [2.45, 2.75) is 12.5 Å². The van der Waals surface area contributed by atoms with Crippen molar-refractivity contribution in [1.29, 1.82) is 0 Å². The van der Waals surface area contributed by atoms with Crippen LogP contribution >= 0.6 is 0 Å². The summed E-state index contributed by atoms with van der Waals surface area (Å²) in [7, 11) is 0. The zero-order valence-corrected chi connectivity index (χ0v) is 5.85. The van der Waals surface area contributed by atoms with Crippen molar-refractivity contribution < 1.29 is 8.78 Å². The summed E-state index contributed by atoms with van der Waals surface area (Å²) in [6, 6.07) is -0.574. The first-order chi connectivity index (χ1) is 5.22. The van der Waals surface area contributed by atoms with E-state index < -0.39 is 18.8 Å². The van der Waals surface area contributed by atoms with Crippen LogP contribution in [-0.4, -0.2) is 22.7 Å². The highest BCUT2D eigenvalue weighted by molar-refractivity contribution is 4.97. The van der Waals surface area contributed by atoms with Crippen molar-refractivity contribution in [3.8, 4) is 0 Å². The number of hydrogen-bond donors (Lipinski definition) is 2. The summed E-state index contributed by atoms with van der Waals surface area (Å²) in [6.07, 6.45) is 0.934. The van der Waals surface area contributed by atoms with Gasteiger partial charge in [-0.1, -0.05) is 0 Å². The van der Waals surface area contributed by atoms with Crippen molar-refractivity contribution in [2.24, 2.45) is 5.73 Å². The van der Waals surface area contributed by atoms with E-state index in [1.165, 1.54) is 6.20 Å². The van der Waals surface area contributed by atoms with Crippen molar-refractivity contribution >= 4 is 0 Å². The molecule has 0 fully saturated rings. The van der Waals surface area contributed by atoms with Gasteiger partial charge in [0.05, 0.1) is 6.20 Å². The van der Waals surface area contributed by atoms with Crippen LogP contribution in [-0.2, 0) is 6.42 Å². The van der Waals surface area contributed by atoms with E-state index in [0.29, 0.717) is 5.69 Å². The maximum atomic E-state index is 12.2. The van der Waals surface area contributed by atoms with Gasteiger partial charge in [0.2, 0.25) is 0 Å². The lowest BCUT2D eigenvalue weighted by molar-refractivity contribution is 0.424. The molecule has 0 aliphatic rings. The fourth-order valence-corrected chi connectivity index (χ4v) is 0.772. The molecule has 3 N–H and O–H groups in total. The SMILES string of the molecule is NC(CF)Cc1cnc(F)[nH]1. The van der Waals surface area contributed by atoms with Gasteiger partial charge in [-0.25, -0.2) is 9.37 Å². The van der Waals surface area contributed by atoms with Crippen LogP contribution in [0.1, 0.15) is 5.69 Å². The van der Waals surface area contributed by atoms with Crippen LogP contribution in [0.25, 0.3) is 0 Å². The minimum absolute atomic E-state index is 0.285. The molecule has 0 aliphatic heterocycles. The highest BCUT2D eigenvalue weighted by Crippen LogP contribution is 1.98. The van der Waals surface area contributed by atoms with E-state index in [0.717, 1.165) is 0 Å². The van der Waals surface area contributed by atoms with Gasteiger partial charge in [-0.15, -0.1) is 0 Å². The number of rotatable bonds is 3. The normalized spacial score (nSPS) is 13.4. The molecule has 5 heteroatoms. The van der Waals surface area contributed by atoms with Gasteiger partial charge >= 0.3 is 0 Å². The van der Waals surface area contributed by atoms with Gasteiger partial charge in [-0.2, -0.15) is 4.39 Å². The third-order valence-electron chi connectivity index (χ3n) is 1.28. The van der Waals surface area contributed by atoms with Gasteiger partial charge in [-0.3, -0.25) is 0 Å². The first-order valence-electron chi connectivity index (χ1n) is 3.23. The molecule has 1 rings (SSSR count). The second-order valence-electron chi connectivity index (χ2n) is 2.32. The lowest BCUT2D eigenvalue weighted by Crippen LogP contribution is -2.25. The average Bonchev–Trinajstić information content (AvgIpc) is 2.35. The fourth-order valence-electron chi connectivity index (χ4n) is 0.772. The summed E-state index contributed by atoms with van der Waals surface area (Å²) in [6.45, 7) is -0.610. The van der Waals surface area contributed by atoms with E-state index in [2.05, 4.69) is 9.97 Å². The number of imidazole rings is 1. The number of nitrogens with two attached hydrogens (primary N) is 1. The molecule has 0 spiro atoms. The Labute approximate surface area is 62.6 Å². The summed E-state index contributed by atoms with van der Waals surface area (Å²) in [5.74, 6) is 0. The summed E-state index contributed by atoms with van der Waals surface area (Å²) >= 11 is 0. The quantitative estimate of drug-likeness (QED) is 0.673. The summed E-state index contributed by atoms with van der Waals surface area (Å²) < 4.78 is 24.0. The highest BCUT2D eigenvalue weighted by Gasteiger charge is 2.05. The van der Waals surface area contributed by atoms with Gasteiger partial charge < -0.3 is 10.7 Å². The summed E-state index contributed by atoms with van der Waals surface area (Å²) in [5.41, 5.74) is 5.79. The molecule has 0 bridgehead atoms. The second kappa shape index (κ2) is 3.43. The molecule has 0 aromatic carbocycles. The Bertz CT molecular complexity index is 223. The van der Waals surface area contributed by atoms with Crippen molar-refractivity contribution in [3.05, 3.63) is 18.0 Å². The molecule has 1 unspecified atom stereocenters. The second-order valence-corrected chi connectivity index (χ2v) is 2.32. The third-order valence-corrected chi connectivity index (χ3v) is 1.28. The molecule has 11 heavy (non-hydrogen) atoms. The van der Waals surface area contributed by atoms with Crippen LogP contribution in [0.15, 0.2) is 6.20 Å². The lowest BCUT2D eigenvalue weighted by Gasteiger charge is -2.02. The molecule has 1 atom stereocenters. The molecule has 0 radical (unpaired) electrons. The van der Waals surface area contributed by atoms with Gasteiger partial charge in [0.25, 0.3) is 6.08 Å². The third kappa shape index (κ3) is 2.27. The molecule has 0 saturated heterocycles. The van der Waals surface area contributed by atoms with Crippen LogP contribution in [0.2, 0.25) is 0 Å². The molecule has 1 heterocycles. The van der Waals surface area contributed by atoms with Crippen molar-refractivity contribution in [1.82, 2.24) is 9.97 Å². The Morgan fingerprint density at radius 2 is 2.45 bits per heavy atom. The molecule has 0 amide bonds. The number of nitrogens with one attached hydrogen (secondary N) is 1. The smallest absolute Gasteiger partial charge is 0.286 e. The predicted molar refractivity (Wildman–Crippen MR) is 36.2 cm³/mol. The van der Waals surface area contributed by atoms with E-state index in [4.69, 9.17) is 5.73 Å². The molecular weight excluding hydrogens is 152 g/mol. The van der Waals surface area contributed by atoms with Crippen LogP contribution < -0.4 is 5.73 Å². The Kier molecular flexibility index (Phi) is 2.53. The number of nitrogens with zero attached hydrogens (tertiary/aromatic N) is 1. The predicted octanol–water partition coefficient (Wildman–Crippen LogP) is 0.388. The monoisotopic (exact) mass is 161 g/mol. The first-order valence-corrected chi connectivity index (χ1v) is 3.23. The minimum atomic E-state index is -0.661. The van der Waals surface area contributed by atoms with Crippen LogP contribution in [0.5, 0.6) is 0 Å². The van der Waals surface area contributed by atoms with E-state index in [-0.39, 0.29) is 6.42 Å². The minimum Gasteiger partial charge on any atom is -0.325 e. The maximum Gasteiger partial charge on any atom is 0.286 e. The Balaban J connectivity index is 2.50. The Hall–Kier alpha value is -0.970. The zero-order chi connectivity index (χ0) is 8.27. The maximum absolute atomic E-state index is 12.2. The molecule has 0 saturated carbocycles. The van der Waals surface area contributed by atoms with Gasteiger partial charge in [0, 0.05) is 18.2 Å². The van der Waals surface area contributed by atoms with Crippen LogP contribution in [0, 0.1) is 6.08 Å². The Morgan fingerprint density at radius 1 is 1.73 bits per heavy atom. The Morgan fingerprint density at radius 3 is 2.91 bits per heavy atom. The van der Waals surface area contributed by atoms with E-state index in [9.17, 15) is 8.78 Å². The molecular formula is C6H9F2N3. The lowest BCUT2D eigenvalue weighted by atomic mass is 10.2. The average molecular weight is 161 g/mol.